The number of anilines is 2. The molecule has 0 saturated carbocycles. The van der Waals surface area contributed by atoms with Crippen LogP contribution in [0.5, 0.6) is 5.75 Å². The maximum absolute atomic E-state index is 12.8. The second-order valence-corrected chi connectivity index (χ2v) is 7.52. The summed E-state index contributed by atoms with van der Waals surface area (Å²) in [7, 11) is 1.60. The summed E-state index contributed by atoms with van der Waals surface area (Å²) in [4.78, 5) is 28.9. The molecule has 0 unspecified atom stereocenters. The molecule has 5 nitrogen and oxygen atoms in total. The lowest BCUT2D eigenvalue weighted by molar-refractivity contribution is -0.113. The molecule has 2 amide bonds. The van der Waals surface area contributed by atoms with Crippen LogP contribution in [-0.4, -0.2) is 31.3 Å². The summed E-state index contributed by atoms with van der Waals surface area (Å²) in [6.45, 7) is 5.96. The molecule has 0 N–H and O–H groups in total. The third-order valence-electron chi connectivity index (χ3n) is 4.51. The van der Waals surface area contributed by atoms with Gasteiger partial charge >= 0.3 is 0 Å². The monoisotopic (exact) mass is 416 g/mol. The number of ether oxygens (including phenoxy) is 1. The van der Waals surface area contributed by atoms with Crippen molar-refractivity contribution in [1.29, 1.82) is 0 Å². The van der Waals surface area contributed by atoms with Crippen molar-refractivity contribution in [1.82, 2.24) is 0 Å². The summed E-state index contributed by atoms with van der Waals surface area (Å²) in [6, 6.07) is 12.5. The summed E-state index contributed by atoms with van der Waals surface area (Å²) >= 11 is 6.81. The number of carbonyl (C=O) groups excluding carboxylic acids is 2. The minimum atomic E-state index is -0.354. The lowest BCUT2D eigenvalue weighted by atomic mass is 10.1. The Bertz CT molecular complexity index is 924. The van der Waals surface area contributed by atoms with Crippen LogP contribution in [0.15, 0.2) is 47.4 Å². The van der Waals surface area contributed by atoms with E-state index in [2.05, 4.69) is 18.7 Å². The van der Waals surface area contributed by atoms with Gasteiger partial charge in [-0.2, -0.15) is 0 Å². The second-order valence-electron chi connectivity index (χ2n) is 6.09. The number of hydrogen-bond acceptors (Lipinski definition) is 5. The minimum Gasteiger partial charge on any atom is -0.496 e. The molecule has 1 fully saturated rings. The van der Waals surface area contributed by atoms with Crippen LogP contribution in [0, 0.1) is 0 Å². The molecule has 2 aromatic rings. The van der Waals surface area contributed by atoms with Gasteiger partial charge in [-0.3, -0.25) is 9.59 Å². The number of imide groups is 1. The zero-order valence-corrected chi connectivity index (χ0v) is 17.5. The van der Waals surface area contributed by atoms with Crippen LogP contribution in [-0.2, 0) is 4.79 Å². The zero-order valence-electron chi connectivity index (χ0n) is 15.9. The van der Waals surface area contributed by atoms with E-state index in [4.69, 9.17) is 16.3 Å². The molecule has 7 heteroatoms. The Balaban J connectivity index is 1.92. The largest absolute Gasteiger partial charge is 0.496 e. The van der Waals surface area contributed by atoms with Gasteiger partial charge in [0, 0.05) is 35.4 Å². The Labute approximate surface area is 173 Å². The van der Waals surface area contributed by atoms with E-state index >= 15 is 0 Å². The van der Waals surface area contributed by atoms with E-state index in [1.54, 1.807) is 37.5 Å². The Morgan fingerprint density at radius 1 is 1.11 bits per heavy atom. The molecule has 1 saturated heterocycles. The van der Waals surface area contributed by atoms with Gasteiger partial charge in [-0.25, -0.2) is 4.90 Å². The van der Waals surface area contributed by atoms with Gasteiger partial charge in [-0.05, 0) is 68.1 Å². The van der Waals surface area contributed by atoms with E-state index in [9.17, 15) is 9.59 Å². The van der Waals surface area contributed by atoms with Gasteiger partial charge in [0.15, 0.2) is 0 Å². The molecule has 1 aliphatic heterocycles. The van der Waals surface area contributed by atoms with E-state index in [0.717, 1.165) is 41.0 Å². The molecule has 0 atom stereocenters. The van der Waals surface area contributed by atoms with Crippen LogP contribution in [0.2, 0.25) is 5.02 Å². The number of benzene rings is 2. The fourth-order valence-electron chi connectivity index (χ4n) is 3.03. The fraction of sp³-hybridized carbons (Fsp3) is 0.238. The summed E-state index contributed by atoms with van der Waals surface area (Å²) < 4.78 is 5.52. The molecule has 0 bridgehead atoms. The lowest BCUT2D eigenvalue weighted by Crippen LogP contribution is -2.27. The van der Waals surface area contributed by atoms with E-state index in [1.807, 2.05) is 18.2 Å². The highest BCUT2D eigenvalue weighted by Gasteiger charge is 2.36. The predicted molar refractivity (Wildman–Crippen MR) is 116 cm³/mol. The maximum atomic E-state index is 12.8. The van der Waals surface area contributed by atoms with Crippen LogP contribution < -0.4 is 14.5 Å². The third kappa shape index (κ3) is 4.03. The topological polar surface area (TPSA) is 49.9 Å². The van der Waals surface area contributed by atoms with Crippen molar-refractivity contribution < 1.29 is 14.3 Å². The van der Waals surface area contributed by atoms with Gasteiger partial charge in [0.1, 0.15) is 5.75 Å². The number of thioether (sulfide) groups is 1. The zero-order chi connectivity index (χ0) is 20.3. The first-order chi connectivity index (χ1) is 13.5. The highest BCUT2D eigenvalue weighted by Crippen LogP contribution is 2.37. The van der Waals surface area contributed by atoms with E-state index in [0.29, 0.717) is 21.4 Å². The molecule has 28 heavy (non-hydrogen) atoms. The Morgan fingerprint density at radius 3 is 2.39 bits per heavy atom. The molecular formula is C21H21ClN2O3S. The Hall–Kier alpha value is -2.44. The second kappa shape index (κ2) is 8.71. The summed E-state index contributed by atoms with van der Waals surface area (Å²) in [5.74, 6) is 0.301. The number of rotatable bonds is 6. The molecule has 1 heterocycles. The Morgan fingerprint density at radius 2 is 1.79 bits per heavy atom. The SMILES string of the molecule is CCN(CC)c1ccc(/C=C2/SC(=O)N(c3ccc(Cl)cc3)C2=O)c(OC)c1. The average molecular weight is 417 g/mol. The first kappa shape index (κ1) is 20.3. The standard InChI is InChI=1S/C21H21ClN2O3S/c1-4-23(5-2)17-9-6-14(18(13-17)27-3)12-19-20(25)24(21(26)28-19)16-10-7-15(22)8-11-16/h6-13H,4-5H2,1-3H3/b19-12+. The molecule has 0 radical (unpaired) electrons. The van der Waals surface area contributed by atoms with Crippen molar-refractivity contribution in [3.8, 4) is 5.75 Å². The van der Waals surface area contributed by atoms with Gasteiger partial charge in [0.25, 0.3) is 11.1 Å². The highest BCUT2D eigenvalue weighted by atomic mass is 35.5. The van der Waals surface area contributed by atoms with E-state index < -0.39 is 0 Å². The van der Waals surface area contributed by atoms with Gasteiger partial charge in [0.05, 0.1) is 17.7 Å². The highest BCUT2D eigenvalue weighted by molar-refractivity contribution is 8.19. The molecule has 2 aromatic carbocycles. The minimum absolute atomic E-state index is 0.336. The number of nitrogens with zero attached hydrogens (tertiary/aromatic N) is 2. The predicted octanol–water partition coefficient (Wildman–Crippen LogP) is 5.44. The summed E-state index contributed by atoms with van der Waals surface area (Å²) in [5, 5.41) is 0.210. The fourth-order valence-corrected chi connectivity index (χ4v) is 3.98. The van der Waals surface area contributed by atoms with Gasteiger partial charge < -0.3 is 9.64 Å². The van der Waals surface area contributed by atoms with Gasteiger partial charge in [-0.1, -0.05) is 11.6 Å². The first-order valence-corrected chi connectivity index (χ1v) is 10.1. The number of carbonyl (C=O) groups is 2. The van der Waals surface area contributed by atoms with E-state index in [-0.39, 0.29) is 11.1 Å². The number of halogens is 1. The molecule has 3 rings (SSSR count). The number of hydrogen-bond donors (Lipinski definition) is 0. The summed E-state index contributed by atoms with van der Waals surface area (Å²) in [5.41, 5.74) is 2.30. The van der Waals surface area contributed by atoms with Crippen LogP contribution in [0.1, 0.15) is 19.4 Å². The molecule has 146 valence electrons. The molecule has 0 aliphatic carbocycles. The van der Waals surface area contributed by atoms with Gasteiger partial charge in [-0.15, -0.1) is 0 Å². The van der Waals surface area contributed by atoms with Crippen LogP contribution in [0.4, 0.5) is 16.2 Å². The van der Waals surface area contributed by atoms with Crippen LogP contribution in [0.3, 0.4) is 0 Å². The van der Waals surface area contributed by atoms with Crippen molar-refractivity contribution in [3.05, 3.63) is 58.0 Å². The van der Waals surface area contributed by atoms with Crippen LogP contribution in [0.25, 0.3) is 6.08 Å². The smallest absolute Gasteiger partial charge is 0.298 e. The Kier molecular flexibility index (Phi) is 6.31. The van der Waals surface area contributed by atoms with Crippen molar-refractivity contribution in [3.63, 3.8) is 0 Å². The number of methoxy groups -OCH3 is 1. The maximum Gasteiger partial charge on any atom is 0.298 e. The molecule has 0 spiro atoms. The van der Waals surface area contributed by atoms with Crippen molar-refractivity contribution in [2.24, 2.45) is 0 Å². The third-order valence-corrected chi connectivity index (χ3v) is 5.63. The number of amides is 2. The average Bonchev–Trinajstić information content (AvgIpc) is 2.97. The first-order valence-electron chi connectivity index (χ1n) is 8.95. The normalized spacial score (nSPS) is 15.4. The summed E-state index contributed by atoms with van der Waals surface area (Å²) in [6.07, 6.45) is 1.70. The molecule has 0 aromatic heterocycles. The van der Waals surface area contributed by atoms with Crippen LogP contribution >= 0.6 is 23.4 Å². The van der Waals surface area contributed by atoms with Gasteiger partial charge in [0.2, 0.25) is 0 Å². The van der Waals surface area contributed by atoms with E-state index in [1.165, 1.54) is 0 Å². The van der Waals surface area contributed by atoms with Crippen molar-refractivity contribution in [2.75, 3.05) is 30.0 Å². The lowest BCUT2D eigenvalue weighted by Gasteiger charge is -2.22. The van der Waals surface area contributed by atoms with Crippen molar-refractivity contribution >= 4 is 52.0 Å². The van der Waals surface area contributed by atoms with Crippen molar-refractivity contribution in [2.45, 2.75) is 13.8 Å². The molecular weight excluding hydrogens is 396 g/mol. The molecule has 1 aliphatic rings. The quantitative estimate of drug-likeness (QED) is 0.587.